The van der Waals surface area contributed by atoms with Gasteiger partial charge in [0, 0.05) is 0 Å². The molecular formula is C13H17ClF3NO. The summed E-state index contributed by atoms with van der Waals surface area (Å²) < 4.78 is 37.6. The second kappa shape index (κ2) is 6.11. The monoisotopic (exact) mass is 295 g/mol. The van der Waals surface area contributed by atoms with Crippen LogP contribution in [0, 0.1) is 0 Å². The molecule has 1 aromatic carbocycles. The Morgan fingerprint density at radius 1 is 1.16 bits per heavy atom. The minimum atomic E-state index is -4.25. The molecule has 0 aromatic heterocycles. The molecule has 0 aliphatic carbocycles. The lowest BCUT2D eigenvalue weighted by Crippen LogP contribution is -2.40. The lowest BCUT2D eigenvalue weighted by atomic mass is 9.82. The zero-order chi connectivity index (χ0) is 13.2. The van der Waals surface area contributed by atoms with Crippen molar-refractivity contribution >= 4 is 12.4 Å². The van der Waals surface area contributed by atoms with E-state index in [1.807, 2.05) is 0 Å². The molecule has 0 unspecified atom stereocenters. The third-order valence-electron chi connectivity index (χ3n) is 3.34. The molecule has 2 nitrogen and oxygen atoms in total. The van der Waals surface area contributed by atoms with Crippen LogP contribution in [0.5, 0.6) is 0 Å². The van der Waals surface area contributed by atoms with E-state index in [1.165, 1.54) is 6.07 Å². The smallest absolute Gasteiger partial charge is 0.385 e. The molecule has 0 saturated carbocycles. The van der Waals surface area contributed by atoms with Crippen LogP contribution in [0.1, 0.15) is 24.0 Å². The quantitative estimate of drug-likeness (QED) is 0.879. The molecule has 2 N–H and O–H groups in total. The molecule has 1 aliphatic heterocycles. The highest BCUT2D eigenvalue weighted by molar-refractivity contribution is 5.85. The van der Waals surface area contributed by atoms with Gasteiger partial charge in [0.1, 0.15) is 0 Å². The van der Waals surface area contributed by atoms with Gasteiger partial charge in [0.2, 0.25) is 0 Å². The molecule has 0 atom stereocenters. The van der Waals surface area contributed by atoms with Crippen molar-refractivity contribution in [3.63, 3.8) is 0 Å². The van der Waals surface area contributed by atoms with Crippen molar-refractivity contribution in [1.29, 1.82) is 0 Å². The van der Waals surface area contributed by atoms with E-state index in [0.717, 1.165) is 0 Å². The second-order valence-electron chi connectivity index (χ2n) is 4.73. The van der Waals surface area contributed by atoms with Crippen LogP contribution in [0.2, 0.25) is 0 Å². The van der Waals surface area contributed by atoms with Gasteiger partial charge in [0.15, 0.2) is 0 Å². The number of halogens is 4. The van der Waals surface area contributed by atoms with Crippen LogP contribution in [0.4, 0.5) is 13.2 Å². The van der Waals surface area contributed by atoms with Crippen LogP contribution >= 0.6 is 12.4 Å². The molecule has 108 valence electrons. The summed E-state index contributed by atoms with van der Waals surface area (Å²) in [5, 5.41) is 13.6. The minimum absolute atomic E-state index is 0. The highest BCUT2D eigenvalue weighted by Gasteiger charge is 2.36. The van der Waals surface area contributed by atoms with Gasteiger partial charge in [-0.2, -0.15) is 13.2 Å². The number of alkyl halides is 3. The van der Waals surface area contributed by atoms with Crippen molar-refractivity contribution in [2.75, 3.05) is 13.1 Å². The van der Waals surface area contributed by atoms with Crippen molar-refractivity contribution < 1.29 is 18.3 Å². The van der Waals surface area contributed by atoms with Crippen molar-refractivity contribution in [1.82, 2.24) is 5.32 Å². The largest absolute Gasteiger partial charge is 0.393 e. The highest BCUT2D eigenvalue weighted by Crippen LogP contribution is 2.35. The standard InChI is InChI=1S/C13H16F3NO.ClH/c14-13(15,16)9-10-3-1-2-4-11(10)12(18)5-7-17-8-6-12;/h1-4,17-18H,5-9H2;1H. The average molecular weight is 296 g/mol. The molecule has 1 saturated heterocycles. The van der Waals surface area contributed by atoms with Gasteiger partial charge in [-0.15, -0.1) is 12.4 Å². The van der Waals surface area contributed by atoms with Crippen molar-refractivity contribution in [2.24, 2.45) is 0 Å². The molecule has 19 heavy (non-hydrogen) atoms. The number of piperidine rings is 1. The van der Waals surface area contributed by atoms with E-state index in [9.17, 15) is 18.3 Å². The maximum atomic E-state index is 12.5. The van der Waals surface area contributed by atoms with Gasteiger partial charge in [0.05, 0.1) is 12.0 Å². The summed E-state index contributed by atoms with van der Waals surface area (Å²) in [5.41, 5.74) is -0.536. The van der Waals surface area contributed by atoms with E-state index in [-0.39, 0.29) is 18.0 Å². The minimum Gasteiger partial charge on any atom is -0.385 e. The van der Waals surface area contributed by atoms with Gasteiger partial charge in [-0.25, -0.2) is 0 Å². The lowest BCUT2D eigenvalue weighted by molar-refractivity contribution is -0.127. The predicted octanol–water partition coefficient (Wildman–Crippen LogP) is 2.78. The maximum Gasteiger partial charge on any atom is 0.393 e. The van der Waals surface area contributed by atoms with Gasteiger partial charge < -0.3 is 10.4 Å². The van der Waals surface area contributed by atoms with E-state index < -0.39 is 18.2 Å². The topological polar surface area (TPSA) is 32.3 Å². The van der Waals surface area contributed by atoms with Crippen molar-refractivity contribution in [2.45, 2.75) is 31.0 Å². The van der Waals surface area contributed by atoms with Crippen LogP contribution in [0.3, 0.4) is 0 Å². The Kier molecular flexibility index (Phi) is 5.24. The molecular weight excluding hydrogens is 279 g/mol. The number of benzene rings is 1. The second-order valence-corrected chi connectivity index (χ2v) is 4.73. The van der Waals surface area contributed by atoms with Crippen LogP contribution in [-0.2, 0) is 12.0 Å². The normalized spacial score (nSPS) is 18.7. The SMILES string of the molecule is Cl.OC1(c2ccccc2CC(F)(F)F)CCNCC1. The van der Waals surface area contributed by atoms with Gasteiger partial charge in [-0.3, -0.25) is 0 Å². The first-order valence-electron chi connectivity index (χ1n) is 5.99. The molecule has 0 bridgehead atoms. The Morgan fingerprint density at radius 3 is 2.32 bits per heavy atom. The van der Waals surface area contributed by atoms with E-state index in [1.54, 1.807) is 18.2 Å². The van der Waals surface area contributed by atoms with E-state index in [2.05, 4.69) is 5.32 Å². The fourth-order valence-corrected chi connectivity index (χ4v) is 2.45. The lowest BCUT2D eigenvalue weighted by Gasteiger charge is -2.34. The fraction of sp³-hybridized carbons (Fsp3) is 0.538. The average Bonchev–Trinajstić information content (AvgIpc) is 2.28. The molecule has 1 heterocycles. The summed E-state index contributed by atoms with van der Waals surface area (Å²) in [6.07, 6.45) is -4.35. The van der Waals surface area contributed by atoms with Crippen LogP contribution in [0.25, 0.3) is 0 Å². The number of aliphatic hydroxyl groups is 1. The number of nitrogens with one attached hydrogen (secondary N) is 1. The number of hydrogen-bond donors (Lipinski definition) is 2. The summed E-state index contributed by atoms with van der Waals surface area (Å²) in [6, 6.07) is 6.31. The summed E-state index contributed by atoms with van der Waals surface area (Å²) in [7, 11) is 0. The Morgan fingerprint density at radius 2 is 1.74 bits per heavy atom. The Bertz CT molecular complexity index is 417. The number of rotatable bonds is 2. The molecule has 2 rings (SSSR count). The van der Waals surface area contributed by atoms with Crippen molar-refractivity contribution in [3.8, 4) is 0 Å². The fourth-order valence-electron chi connectivity index (χ4n) is 2.45. The Hall–Kier alpha value is -0.780. The first kappa shape index (κ1) is 16.3. The summed E-state index contributed by atoms with van der Waals surface area (Å²) in [6.45, 7) is 1.24. The molecule has 1 aliphatic rings. The van der Waals surface area contributed by atoms with Gasteiger partial charge in [-0.1, -0.05) is 24.3 Å². The van der Waals surface area contributed by atoms with Crippen LogP contribution in [0.15, 0.2) is 24.3 Å². The Balaban J connectivity index is 0.00000180. The zero-order valence-corrected chi connectivity index (χ0v) is 11.2. The Labute approximate surface area is 116 Å². The molecule has 1 fully saturated rings. The maximum absolute atomic E-state index is 12.5. The zero-order valence-electron chi connectivity index (χ0n) is 10.3. The van der Waals surface area contributed by atoms with Crippen LogP contribution in [-0.4, -0.2) is 24.4 Å². The van der Waals surface area contributed by atoms with Gasteiger partial charge in [-0.05, 0) is 37.1 Å². The third-order valence-corrected chi connectivity index (χ3v) is 3.34. The first-order valence-corrected chi connectivity index (χ1v) is 5.99. The number of hydrogen-bond acceptors (Lipinski definition) is 2. The molecule has 0 spiro atoms. The van der Waals surface area contributed by atoms with E-state index >= 15 is 0 Å². The van der Waals surface area contributed by atoms with Crippen LogP contribution < -0.4 is 5.32 Å². The highest BCUT2D eigenvalue weighted by atomic mass is 35.5. The van der Waals surface area contributed by atoms with E-state index in [4.69, 9.17) is 0 Å². The molecule has 0 radical (unpaired) electrons. The van der Waals surface area contributed by atoms with Gasteiger partial charge in [0.25, 0.3) is 0 Å². The molecule has 6 heteroatoms. The summed E-state index contributed by atoms with van der Waals surface area (Å²) >= 11 is 0. The predicted molar refractivity (Wildman–Crippen MR) is 69.4 cm³/mol. The van der Waals surface area contributed by atoms with Gasteiger partial charge >= 0.3 is 6.18 Å². The summed E-state index contributed by atoms with van der Waals surface area (Å²) in [4.78, 5) is 0. The summed E-state index contributed by atoms with van der Waals surface area (Å²) in [5.74, 6) is 0. The molecule has 1 aromatic rings. The first-order chi connectivity index (χ1) is 8.41. The van der Waals surface area contributed by atoms with Crippen molar-refractivity contribution in [3.05, 3.63) is 35.4 Å². The third kappa shape index (κ3) is 4.09. The molecule has 0 amide bonds. The van der Waals surface area contributed by atoms with E-state index in [0.29, 0.717) is 31.5 Å².